The van der Waals surface area contributed by atoms with Gasteiger partial charge in [-0.05, 0) is 6.07 Å². The first-order valence-electron chi connectivity index (χ1n) is 3.42. The van der Waals surface area contributed by atoms with Gasteiger partial charge in [-0.15, -0.1) is 0 Å². The molecule has 0 aliphatic heterocycles. The lowest BCUT2D eigenvalue weighted by atomic mass is 10.2. The van der Waals surface area contributed by atoms with Gasteiger partial charge in [0.15, 0.2) is 0 Å². The molecule has 0 aliphatic carbocycles. The monoisotopic (exact) mass is 180 g/mol. The van der Waals surface area contributed by atoms with Crippen molar-refractivity contribution in [3.63, 3.8) is 0 Å². The number of nitro groups is 1. The summed E-state index contributed by atoms with van der Waals surface area (Å²) in [5, 5.41) is 10.3. The quantitative estimate of drug-likeness (QED) is 0.397. The SMILES string of the molecule is [C-]#[N+]Cc1cccc([N+](=O)[O-])c1F. The van der Waals surface area contributed by atoms with Crippen LogP contribution in [0, 0.1) is 22.5 Å². The summed E-state index contributed by atoms with van der Waals surface area (Å²) in [6.45, 7) is 6.33. The first kappa shape index (κ1) is 9.13. The second-order valence-corrected chi connectivity index (χ2v) is 2.32. The van der Waals surface area contributed by atoms with Crippen LogP contribution in [0.25, 0.3) is 4.85 Å². The number of hydrogen-bond acceptors (Lipinski definition) is 2. The van der Waals surface area contributed by atoms with Crippen LogP contribution in [0.4, 0.5) is 10.1 Å². The average molecular weight is 180 g/mol. The molecule has 1 aromatic rings. The first-order chi connectivity index (χ1) is 6.16. The fourth-order valence-corrected chi connectivity index (χ4v) is 0.915. The van der Waals surface area contributed by atoms with Gasteiger partial charge in [-0.3, -0.25) is 10.1 Å². The Kier molecular flexibility index (Phi) is 2.55. The molecular weight excluding hydrogens is 175 g/mol. The lowest BCUT2D eigenvalue weighted by molar-refractivity contribution is -0.387. The van der Waals surface area contributed by atoms with E-state index in [0.29, 0.717) is 0 Å². The molecule has 1 aromatic carbocycles. The van der Waals surface area contributed by atoms with Crippen molar-refractivity contribution in [1.29, 1.82) is 0 Å². The minimum Gasteiger partial charge on any atom is -0.312 e. The molecule has 0 aromatic heterocycles. The minimum absolute atomic E-state index is 0.0594. The van der Waals surface area contributed by atoms with Crippen LogP contribution < -0.4 is 0 Å². The van der Waals surface area contributed by atoms with Gasteiger partial charge in [0, 0.05) is 6.07 Å². The standard InChI is InChI=1S/C8H5FN2O2/c1-10-5-6-3-2-4-7(8(6)9)11(12)13/h2-4H,5H2. The first-order valence-corrected chi connectivity index (χ1v) is 3.42. The molecule has 0 aliphatic rings. The second-order valence-electron chi connectivity index (χ2n) is 2.32. The largest absolute Gasteiger partial charge is 0.312 e. The van der Waals surface area contributed by atoms with Gasteiger partial charge in [0.25, 0.3) is 0 Å². The molecule has 0 fully saturated rings. The van der Waals surface area contributed by atoms with E-state index in [0.717, 1.165) is 6.07 Å². The van der Waals surface area contributed by atoms with Gasteiger partial charge in [-0.25, -0.2) is 6.57 Å². The molecule has 0 unspecified atom stereocenters. The Morgan fingerprint density at radius 2 is 2.31 bits per heavy atom. The Labute approximate surface area is 73.6 Å². The van der Waals surface area contributed by atoms with Crippen LogP contribution in [0.1, 0.15) is 5.56 Å². The third-order valence-corrected chi connectivity index (χ3v) is 1.50. The summed E-state index contributed by atoms with van der Waals surface area (Å²) in [4.78, 5) is 12.4. The highest BCUT2D eigenvalue weighted by Crippen LogP contribution is 2.20. The van der Waals surface area contributed by atoms with Gasteiger partial charge in [0.1, 0.15) is 0 Å². The minimum atomic E-state index is -0.913. The van der Waals surface area contributed by atoms with E-state index in [2.05, 4.69) is 4.85 Å². The summed E-state index contributed by atoms with van der Waals surface area (Å²) in [5.41, 5.74) is -0.523. The zero-order valence-corrected chi connectivity index (χ0v) is 6.53. The predicted molar refractivity (Wildman–Crippen MR) is 43.4 cm³/mol. The Bertz CT molecular complexity index is 384. The number of nitrogens with zero attached hydrogens (tertiary/aromatic N) is 2. The van der Waals surface area contributed by atoms with E-state index in [1.807, 2.05) is 0 Å². The Morgan fingerprint density at radius 1 is 1.62 bits per heavy atom. The molecule has 0 atom stereocenters. The zero-order valence-electron chi connectivity index (χ0n) is 6.53. The molecule has 0 spiro atoms. The van der Waals surface area contributed by atoms with Crippen molar-refractivity contribution in [2.24, 2.45) is 0 Å². The van der Waals surface area contributed by atoms with Crippen LogP contribution in [0.5, 0.6) is 0 Å². The maximum Gasteiger partial charge on any atom is 0.305 e. The number of hydrogen-bond donors (Lipinski definition) is 0. The van der Waals surface area contributed by atoms with E-state index >= 15 is 0 Å². The number of halogens is 1. The number of nitro benzene ring substituents is 1. The Morgan fingerprint density at radius 3 is 2.85 bits per heavy atom. The molecule has 66 valence electrons. The lowest BCUT2D eigenvalue weighted by Crippen LogP contribution is -1.95. The molecular formula is C8H5FN2O2. The van der Waals surface area contributed by atoms with Gasteiger partial charge in [-0.1, -0.05) is 6.07 Å². The van der Waals surface area contributed by atoms with Crippen LogP contribution in [0.3, 0.4) is 0 Å². The predicted octanol–water partition coefficient (Wildman–Crippen LogP) is 2.15. The van der Waals surface area contributed by atoms with E-state index in [1.54, 1.807) is 0 Å². The Hall–Kier alpha value is -1.96. The molecule has 4 nitrogen and oxygen atoms in total. The van der Waals surface area contributed by atoms with Gasteiger partial charge in [-0.2, -0.15) is 4.39 Å². The summed E-state index contributed by atoms with van der Waals surface area (Å²) in [7, 11) is 0. The topological polar surface area (TPSA) is 47.5 Å². The normalized spacial score (nSPS) is 9.23. The van der Waals surface area contributed by atoms with Gasteiger partial charge < -0.3 is 4.85 Å². The summed E-state index contributed by atoms with van der Waals surface area (Å²) in [6.07, 6.45) is 0. The van der Waals surface area contributed by atoms with Gasteiger partial charge >= 0.3 is 5.69 Å². The van der Waals surface area contributed by atoms with Crippen molar-refractivity contribution in [3.8, 4) is 0 Å². The van der Waals surface area contributed by atoms with E-state index in [9.17, 15) is 14.5 Å². The maximum atomic E-state index is 13.1. The van der Waals surface area contributed by atoms with Crippen molar-refractivity contribution in [1.82, 2.24) is 0 Å². The average Bonchev–Trinajstić information content (AvgIpc) is 2.08. The molecule has 13 heavy (non-hydrogen) atoms. The molecule has 5 heteroatoms. The highest BCUT2D eigenvalue weighted by Gasteiger charge is 2.17. The van der Waals surface area contributed by atoms with Crippen molar-refractivity contribution in [2.75, 3.05) is 0 Å². The summed E-state index contributed by atoms with van der Waals surface area (Å²) in [5.74, 6) is -0.913. The van der Waals surface area contributed by atoms with E-state index in [-0.39, 0.29) is 12.1 Å². The fourth-order valence-electron chi connectivity index (χ4n) is 0.915. The molecule has 1 rings (SSSR count). The highest BCUT2D eigenvalue weighted by atomic mass is 19.1. The molecule has 0 bridgehead atoms. The lowest BCUT2D eigenvalue weighted by Gasteiger charge is -1.95. The second kappa shape index (κ2) is 3.63. The van der Waals surface area contributed by atoms with Crippen LogP contribution in [0.2, 0.25) is 0 Å². The summed E-state index contributed by atoms with van der Waals surface area (Å²) < 4.78 is 13.1. The van der Waals surface area contributed by atoms with E-state index in [1.165, 1.54) is 12.1 Å². The molecule has 0 heterocycles. The maximum absolute atomic E-state index is 13.1. The fraction of sp³-hybridized carbons (Fsp3) is 0.125. The third kappa shape index (κ3) is 1.79. The molecule has 0 radical (unpaired) electrons. The number of rotatable bonds is 2. The molecule has 0 N–H and O–H groups in total. The number of benzene rings is 1. The van der Waals surface area contributed by atoms with Crippen LogP contribution in [-0.2, 0) is 6.54 Å². The molecule has 0 amide bonds. The van der Waals surface area contributed by atoms with Crippen LogP contribution >= 0.6 is 0 Å². The van der Waals surface area contributed by atoms with Crippen LogP contribution in [-0.4, -0.2) is 4.92 Å². The molecule has 0 saturated heterocycles. The van der Waals surface area contributed by atoms with Gasteiger partial charge in [0.2, 0.25) is 12.4 Å². The van der Waals surface area contributed by atoms with Crippen molar-refractivity contribution < 1.29 is 9.31 Å². The third-order valence-electron chi connectivity index (χ3n) is 1.50. The Balaban J connectivity index is 3.20. The summed E-state index contributed by atoms with van der Waals surface area (Å²) >= 11 is 0. The summed E-state index contributed by atoms with van der Waals surface area (Å²) in [6, 6.07) is 3.80. The van der Waals surface area contributed by atoms with Gasteiger partial charge in [0.05, 0.1) is 10.5 Å². The van der Waals surface area contributed by atoms with Crippen molar-refractivity contribution in [2.45, 2.75) is 6.54 Å². The zero-order chi connectivity index (χ0) is 9.84. The smallest absolute Gasteiger partial charge is 0.305 e. The van der Waals surface area contributed by atoms with Crippen molar-refractivity contribution >= 4 is 5.69 Å². The van der Waals surface area contributed by atoms with E-state index in [4.69, 9.17) is 6.57 Å². The van der Waals surface area contributed by atoms with Crippen molar-refractivity contribution in [3.05, 3.63) is 51.1 Å². The molecule has 0 saturated carbocycles. The van der Waals surface area contributed by atoms with E-state index < -0.39 is 16.4 Å². The van der Waals surface area contributed by atoms with Crippen LogP contribution in [0.15, 0.2) is 18.2 Å². The highest BCUT2D eigenvalue weighted by molar-refractivity contribution is 5.37.